The summed E-state index contributed by atoms with van der Waals surface area (Å²) in [6.07, 6.45) is 2.48. The van der Waals surface area contributed by atoms with Gasteiger partial charge in [-0.3, -0.25) is 14.9 Å². The minimum Gasteiger partial charge on any atom is -0.326 e. The fourth-order valence-corrected chi connectivity index (χ4v) is 4.52. The third-order valence-corrected chi connectivity index (χ3v) is 6.29. The van der Waals surface area contributed by atoms with E-state index in [0.29, 0.717) is 15.7 Å². The lowest BCUT2D eigenvalue weighted by Crippen LogP contribution is -2.20. The van der Waals surface area contributed by atoms with Crippen LogP contribution in [0.4, 0.5) is 10.8 Å². The van der Waals surface area contributed by atoms with Gasteiger partial charge in [0.15, 0.2) is 5.13 Å². The van der Waals surface area contributed by atoms with Crippen LogP contribution < -0.4 is 10.6 Å². The molecule has 2 aromatic carbocycles. The number of rotatable bonds is 5. The predicted molar refractivity (Wildman–Crippen MR) is 117 cm³/mol. The molecule has 2 amide bonds. The van der Waals surface area contributed by atoms with Crippen LogP contribution in [0, 0.1) is 0 Å². The number of nitrogens with one attached hydrogen (secondary N) is 2. The number of anilines is 2. The summed E-state index contributed by atoms with van der Waals surface area (Å²) in [5.41, 5.74) is 3.29. The summed E-state index contributed by atoms with van der Waals surface area (Å²) in [7, 11) is 0. The summed E-state index contributed by atoms with van der Waals surface area (Å²) in [5.74, 6) is -0.603. The lowest BCUT2D eigenvalue weighted by atomic mass is 10.1. The second-order valence-corrected chi connectivity index (χ2v) is 8.44. The van der Waals surface area contributed by atoms with Crippen LogP contribution in [0.2, 0.25) is 5.02 Å². The van der Waals surface area contributed by atoms with Crippen molar-refractivity contribution in [2.24, 2.45) is 0 Å². The van der Waals surface area contributed by atoms with Crippen LogP contribution in [-0.4, -0.2) is 16.8 Å². The molecule has 1 aliphatic rings. The second kappa shape index (κ2) is 8.35. The highest BCUT2D eigenvalue weighted by atomic mass is 35.5. The van der Waals surface area contributed by atoms with Gasteiger partial charge in [0.25, 0.3) is 5.91 Å². The first kappa shape index (κ1) is 19.6. The molecule has 0 radical (unpaired) electrons. The van der Waals surface area contributed by atoms with Gasteiger partial charge >= 0.3 is 0 Å². The van der Waals surface area contributed by atoms with E-state index < -0.39 is 0 Å². The molecule has 0 fully saturated rings. The second-order valence-electron chi connectivity index (χ2n) is 6.92. The van der Waals surface area contributed by atoms with E-state index in [-0.39, 0.29) is 17.7 Å². The molecule has 1 aliphatic carbocycles. The Hall–Kier alpha value is -2.70. The number of carbonyl (C=O) groups excluding carboxylic acids is 2. The monoisotopic (exact) mass is 425 g/mol. The topological polar surface area (TPSA) is 71.1 Å². The maximum Gasteiger partial charge on any atom is 0.257 e. The quantitative estimate of drug-likeness (QED) is 0.584. The highest BCUT2D eigenvalue weighted by molar-refractivity contribution is 7.16. The van der Waals surface area contributed by atoms with Crippen molar-refractivity contribution in [3.8, 4) is 0 Å². The number of aromatic nitrogens is 1. The summed E-state index contributed by atoms with van der Waals surface area (Å²) in [6, 6.07) is 14.6. The van der Waals surface area contributed by atoms with Crippen molar-refractivity contribution in [1.82, 2.24) is 4.98 Å². The standard InChI is InChI=1S/C22H20ClN3O2S/c1-2-13-3-9-16(10-4-13)24-21(28)17-11-12-18-19(17)25-22(29-18)26-20(27)14-5-7-15(23)8-6-14/h3-10,17H,2,11-12H2,1H3,(H,24,28)(H,25,26,27). The molecular formula is C22H20ClN3O2S. The number of carbonyl (C=O) groups is 2. The Morgan fingerprint density at radius 2 is 1.83 bits per heavy atom. The maximum absolute atomic E-state index is 12.8. The van der Waals surface area contributed by atoms with Crippen molar-refractivity contribution in [3.63, 3.8) is 0 Å². The first-order valence-corrected chi connectivity index (χ1v) is 10.7. The molecule has 4 rings (SSSR count). The number of aryl methyl sites for hydroxylation is 2. The van der Waals surface area contributed by atoms with Crippen molar-refractivity contribution in [2.75, 3.05) is 10.6 Å². The zero-order valence-corrected chi connectivity index (χ0v) is 17.4. The van der Waals surface area contributed by atoms with Crippen LogP contribution in [0.1, 0.15) is 45.8 Å². The number of hydrogen-bond acceptors (Lipinski definition) is 4. The summed E-state index contributed by atoms with van der Waals surface area (Å²) in [5, 5.41) is 6.90. The number of thiazole rings is 1. The van der Waals surface area contributed by atoms with Gasteiger partial charge in [-0.05, 0) is 61.2 Å². The molecule has 0 saturated heterocycles. The number of amides is 2. The van der Waals surface area contributed by atoms with E-state index in [4.69, 9.17) is 11.6 Å². The third-order valence-electron chi connectivity index (χ3n) is 4.99. The van der Waals surface area contributed by atoms with Crippen LogP contribution in [-0.2, 0) is 17.6 Å². The summed E-state index contributed by atoms with van der Waals surface area (Å²) in [6.45, 7) is 2.10. The van der Waals surface area contributed by atoms with Crippen LogP contribution in [0.25, 0.3) is 0 Å². The van der Waals surface area contributed by atoms with Crippen molar-refractivity contribution in [3.05, 3.63) is 75.3 Å². The molecule has 1 unspecified atom stereocenters. The Labute approximate surface area is 178 Å². The van der Waals surface area contributed by atoms with E-state index in [9.17, 15) is 9.59 Å². The minimum absolute atomic E-state index is 0.0612. The number of halogens is 1. The Balaban J connectivity index is 1.44. The summed E-state index contributed by atoms with van der Waals surface area (Å²) < 4.78 is 0. The van der Waals surface area contributed by atoms with Gasteiger partial charge in [-0.15, -0.1) is 11.3 Å². The molecule has 1 heterocycles. The number of fused-ring (bicyclic) bond motifs is 1. The first-order valence-electron chi connectivity index (χ1n) is 9.50. The van der Waals surface area contributed by atoms with Crippen LogP contribution in [0.15, 0.2) is 48.5 Å². The minimum atomic E-state index is -0.298. The molecule has 2 N–H and O–H groups in total. The molecule has 29 heavy (non-hydrogen) atoms. The fourth-order valence-electron chi connectivity index (χ4n) is 3.36. The van der Waals surface area contributed by atoms with Crippen LogP contribution in [0.5, 0.6) is 0 Å². The van der Waals surface area contributed by atoms with Crippen LogP contribution in [0.3, 0.4) is 0 Å². The number of hydrogen-bond donors (Lipinski definition) is 2. The van der Waals surface area contributed by atoms with Crippen molar-refractivity contribution in [2.45, 2.75) is 32.1 Å². The molecule has 7 heteroatoms. The Morgan fingerprint density at radius 1 is 1.10 bits per heavy atom. The molecule has 5 nitrogen and oxygen atoms in total. The average molecular weight is 426 g/mol. The number of nitrogens with zero attached hydrogens (tertiary/aromatic N) is 1. The number of benzene rings is 2. The van der Waals surface area contributed by atoms with Gasteiger partial charge in [0.2, 0.25) is 5.91 Å². The fraction of sp³-hybridized carbons (Fsp3) is 0.227. The van der Waals surface area contributed by atoms with Crippen molar-refractivity contribution >= 4 is 45.6 Å². The maximum atomic E-state index is 12.8. The highest BCUT2D eigenvalue weighted by Gasteiger charge is 2.33. The van der Waals surface area contributed by atoms with Crippen LogP contribution >= 0.6 is 22.9 Å². The molecule has 1 atom stereocenters. The molecule has 1 aromatic heterocycles. The first-order chi connectivity index (χ1) is 14.0. The van der Waals surface area contributed by atoms with Gasteiger partial charge in [0.1, 0.15) is 0 Å². The lowest BCUT2D eigenvalue weighted by molar-refractivity contribution is -0.117. The third kappa shape index (κ3) is 4.33. The highest BCUT2D eigenvalue weighted by Crippen LogP contribution is 2.39. The van der Waals surface area contributed by atoms with E-state index >= 15 is 0 Å². The SMILES string of the molecule is CCc1ccc(NC(=O)C2CCc3sc(NC(=O)c4ccc(Cl)cc4)nc32)cc1. The summed E-state index contributed by atoms with van der Waals surface area (Å²) in [4.78, 5) is 30.8. The molecule has 0 saturated carbocycles. The van der Waals surface area contributed by atoms with Crippen molar-refractivity contribution < 1.29 is 9.59 Å². The Kier molecular flexibility index (Phi) is 5.65. The van der Waals surface area contributed by atoms with Gasteiger partial charge in [-0.2, -0.15) is 0 Å². The van der Waals surface area contributed by atoms with Gasteiger partial charge in [0.05, 0.1) is 11.6 Å². The van der Waals surface area contributed by atoms with E-state index in [1.54, 1.807) is 24.3 Å². The zero-order valence-electron chi connectivity index (χ0n) is 15.9. The van der Waals surface area contributed by atoms with Gasteiger partial charge in [-0.1, -0.05) is 30.7 Å². The van der Waals surface area contributed by atoms with E-state index in [1.807, 2.05) is 24.3 Å². The van der Waals surface area contributed by atoms with E-state index in [0.717, 1.165) is 35.5 Å². The van der Waals surface area contributed by atoms with Gasteiger partial charge in [-0.25, -0.2) is 4.98 Å². The molecular weight excluding hydrogens is 406 g/mol. The van der Waals surface area contributed by atoms with Crippen molar-refractivity contribution in [1.29, 1.82) is 0 Å². The smallest absolute Gasteiger partial charge is 0.257 e. The average Bonchev–Trinajstić information content (AvgIpc) is 3.29. The normalized spacial score (nSPS) is 15.0. The summed E-state index contributed by atoms with van der Waals surface area (Å²) >= 11 is 7.30. The molecule has 0 bridgehead atoms. The van der Waals surface area contributed by atoms with E-state index in [1.165, 1.54) is 16.9 Å². The zero-order chi connectivity index (χ0) is 20.4. The lowest BCUT2D eigenvalue weighted by Gasteiger charge is -2.11. The molecule has 148 valence electrons. The largest absolute Gasteiger partial charge is 0.326 e. The molecule has 0 aliphatic heterocycles. The van der Waals surface area contributed by atoms with E-state index in [2.05, 4.69) is 22.5 Å². The Morgan fingerprint density at radius 3 is 2.52 bits per heavy atom. The Bertz CT molecular complexity index is 1040. The van der Waals surface area contributed by atoms with Gasteiger partial charge < -0.3 is 5.32 Å². The molecule has 3 aromatic rings. The predicted octanol–water partition coefficient (Wildman–Crippen LogP) is 5.28. The molecule has 0 spiro atoms. The van der Waals surface area contributed by atoms with Gasteiger partial charge in [0, 0.05) is 21.2 Å².